The first-order valence-corrected chi connectivity index (χ1v) is 14.7. The third kappa shape index (κ3) is 4.46. The summed E-state index contributed by atoms with van der Waals surface area (Å²) in [6.07, 6.45) is -2.03. The first kappa shape index (κ1) is 27.5. The average Bonchev–Trinajstić information content (AvgIpc) is 3.40. The number of hydrogen-bond donors (Lipinski definition) is 2. The molecule has 43 heavy (non-hydrogen) atoms. The monoisotopic (exact) mass is 566 g/mol. The van der Waals surface area contributed by atoms with Crippen LogP contribution in [-0.2, 0) is 20.7 Å². The van der Waals surface area contributed by atoms with Crippen LogP contribution in [0.3, 0.4) is 0 Å². The van der Waals surface area contributed by atoms with Gasteiger partial charge in [-0.1, -0.05) is 146 Å². The van der Waals surface area contributed by atoms with Crippen LogP contribution in [0.15, 0.2) is 146 Å². The number of benzene rings is 6. The normalized spacial score (nSPS) is 20.9. The van der Waals surface area contributed by atoms with Crippen molar-refractivity contribution >= 4 is 21.5 Å². The molecule has 1 saturated heterocycles. The minimum Gasteiger partial charge on any atom is -0.377 e. The van der Waals surface area contributed by atoms with E-state index in [0.717, 1.165) is 21.5 Å². The van der Waals surface area contributed by atoms with E-state index in [4.69, 9.17) is 9.47 Å². The Morgan fingerprint density at radius 1 is 0.465 bits per heavy atom. The zero-order valence-electron chi connectivity index (χ0n) is 24.2. The molecule has 0 unspecified atom stereocenters. The van der Waals surface area contributed by atoms with Crippen molar-refractivity contribution in [2.75, 3.05) is 0 Å². The highest BCUT2D eigenvalue weighted by Gasteiger charge is 2.61. The molecular weight excluding hydrogens is 532 g/mol. The molecule has 214 valence electrons. The lowest BCUT2D eigenvalue weighted by molar-refractivity contribution is -0.172. The maximum Gasteiger partial charge on any atom is 0.164 e. The van der Waals surface area contributed by atoms with Crippen LogP contribution >= 0.6 is 0 Å². The molecule has 1 heterocycles. The molecule has 2 N–H and O–H groups in total. The lowest BCUT2D eigenvalue weighted by Gasteiger charge is -2.43. The summed E-state index contributed by atoms with van der Waals surface area (Å²) in [5.74, 6) is -1.12. The summed E-state index contributed by atoms with van der Waals surface area (Å²) in [7, 11) is 0. The van der Waals surface area contributed by atoms with Crippen molar-refractivity contribution in [2.45, 2.75) is 43.0 Å². The molecule has 1 fully saturated rings. The van der Waals surface area contributed by atoms with Gasteiger partial charge in [-0.3, -0.25) is 0 Å². The molecule has 0 amide bonds. The molecule has 4 atom stereocenters. The molecule has 1 aliphatic rings. The lowest BCUT2D eigenvalue weighted by atomic mass is 9.70. The zero-order valence-corrected chi connectivity index (χ0v) is 24.2. The summed E-state index contributed by atoms with van der Waals surface area (Å²) >= 11 is 0. The minimum absolute atomic E-state index is 0.649. The van der Waals surface area contributed by atoms with E-state index in [-0.39, 0.29) is 0 Å². The average molecular weight is 567 g/mol. The molecule has 0 bridgehead atoms. The van der Waals surface area contributed by atoms with Crippen LogP contribution in [0.1, 0.15) is 36.1 Å². The molecule has 6 aromatic carbocycles. The van der Waals surface area contributed by atoms with Gasteiger partial charge in [0.1, 0.15) is 23.4 Å². The van der Waals surface area contributed by atoms with Crippen LogP contribution in [0.2, 0.25) is 0 Å². The Bertz CT molecular complexity index is 1750. The van der Waals surface area contributed by atoms with E-state index in [2.05, 4.69) is 0 Å². The molecule has 7 rings (SSSR count). The SMILES string of the molecule is CC1(C)O[C@H]([C@@](O)(c2ccccc2)c2cccc3ccccc23)[C@@H]([C@](O)(c2ccccc2)c2cccc3ccccc23)O1. The van der Waals surface area contributed by atoms with Crippen molar-refractivity contribution < 1.29 is 19.7 Å². The van der Waals surface area contributed by atoms with Gasteiger partial charge in [-0.25, -0.2) is 0 Å². The Hall–Kier alpha value is -4.32. The largest absolute Gasteiger partial charge is 0.377 e. The van der Waals surface area contributed by atoms with E-state index in [1.54, 1.807) is 0 Å². The van der Waals surface area contributed by atoms with Crippen molar-refractivity contribution in [3.05, 3.63) is 168 Å². The van der Waals surface area contributed by atoms with Crippen LogP contribution in [0.25, 0.3) is 21.5 Å². The van der Waals surface area contributed by atoms with Crippen LogP contribution in [-0.4, -0.2) is 28.2 Å². The predicted octanol–water partition coefficient (Wildman–Crippen LogP) is 7.69. The van der Waals surface area contributed by atoms with Gasteiger partial charge in [0, 0.05) is 0 Å². The predicted molar refractivity (Wildman–Crippen MR) is 171 cm³/mol. The van der Waals surface area contributed by atoms with Crippen LogP contribution in [0.5, 0.6) is 0 Å². The second kappa shape index (κ2) is 10.4. The van der Waals surface area contributed by atoms with E-state index in [9.17, 15) is 10.2 Å². The highest BCUT2D eigenvalue weighted by Crippen LogP contribution is 2.52. The summed E-state index contributed by atoms with van der Waals surface area (Å²) in [6.45, 7) is 3.67. The van der Waals surface area contributed by atoms with Gasteiger partial charge in [0.05, 0.1) is 0 Å². The molecule has 0 aliphatic carbocycles. The second-order valence-electron chi connectivity index (χ2n) is 11.8. The van der Waals surface area contributed by atoms with Crippen LogP contribution in [0.4, 0.5) is 0 Å². The van der Waals surface area contributed by atoms with Gasteiger partial charge in [-0.2, -0.15) is 0 Å². The highest BCUT2D eigenvalue weighted by molar-refractivity contribution is 5.88. The molecule has 4 nitrogen and oxygen atoms in total. The Balaban J connectivity index is 1.54. The number of ether oxygens (including phenoxy) is 2. The van der Waals surface area contributed by atoms with Gasteiger partial charge in [-0.05, 0) is 57.6 Å². The van der Waals surface area contributed by atoms with Crippen molar-refractivity contribution in [3.63, 3.8) is 0 Å². The molecule has 1 aliphatic heterocycles. The van der Waals surface area contributed by atoms with E-state index < -0.39 is 29.2 Å². The summed E-state index contributed by atoms with van der Waals surface area (Å²) < 4.78 is 13.5. The van der Waals surface area contributed by atoms with Crippen LogP contribution < -0.4 is 0 Å². The van der Waals surface area contributed by atoms with Gasteiger partial charge < -0.3 is 19.7 Å². The molecular formula is C39H34O4. The molecule has 6 aromatic rings. The third-order valence-electron chi connectivity index (χ3n) is 8.75. The molecule has 0 spiro atoms. The maximum atomic E-state index is 13.3. The molecule has 0 radical (unpaired) electrons. The fourth-order valence-corrected chi connectivity index (χ4v) is 6.82. The van der Waals surface area contributed by atoms with E-state index in [1.165, 1.54) is 0 Å². The van der Waals surface area contributed by atoms with Crippen molar-refractivity contribution in [2.24, 2.45) is 0 Å². The van der Waals surface area contributed by atoms with Crippen molar-refractivity contribution in [1.82, 2.24) is 0 Å². The summed E-state index contributed by atoms with van der Waals surface area (Å²) in [5.41, 5.74) is -0.739. The fourth-order valence-electron chi connectivity index (χ4n) is 6.82. The van der Waals surface area contributed by atoms with Crippen molar-refractivity contribution in [3.8, 4) is 0 Å². The Morgan fingerprint density at radius 2 is 0.814 bits per heavy atom. The van der Waals surface area contributed by atoms with E-state index in [1.807, 2.05) is 159 Å². The Kier molecular flexibility index (Phi) is 6.68. The van der Waals surface area contributed by atoms with Crippen molar-refractivity contribution in [1.29, 1.82) is 0 Å². The van der Waals surface area contributed by atoms with E-state index >= 15 is 0 Å². The molecule has 0 aromatic heterocycles. The third-order valence-corrected chi connectivity index (χ3v) is 8.75. The quantitative estimate of drug-likeness (QED) is 0.217. The number of aliphatic hydroxyl groups is 2. The first-order chi connectivity index (χ1) is 20.8. The second-order valence-corrected chi connectivity index (χ2v) is 11.8. The zero-order chi connectivity index (χ0) is 29.7. The maximum absolute atomic E-state index is 13.3. The standard InChI is InChI=1S/C39H34O4/c1-37(2)42-35(38(40,29-19-5-3-6-20-29)33-25-13-17-27-15-9-11-23-31(27)33)36(43-37)39(41,30-21-7-4-8-22-30)34-26-14-18-28-16-10-12-24-32(28)34/h3-26,35-36,40-41H,1-2H3/t35-,36-,38-,39+/m0/s1. The number of fused-ring (bicyclic) bond motifs is 2. The van der Waals surface area contributed by atoms with Gasteiger partial charge in [0.15, 0.2) is 5.79 Å². The van der Waals surface area contributed by atoms with Gasteiger partial charge in [-0.15, -0.1) is 0 Å². The fraction of sp³-hybridized carbons (Fsp3) is 0.179. The summed E-state index contributed by atoms with van der Waals surface area (Å²) in [5, 5.41) is 30.4. The smallest absolute Gasteiger partial charge is 0.164 e. The molecule has 0 saturated carbocycles. The Morgan fingerprint density at radius 3 is 1.23 bits per heavy atom. The van der Waals surface area contributed by atoms with Gasteiger partial charge >= 0.3 is 0 Å². The topological polar surface area (TPSA) is 58.9 Å². The molecule has 4 heteroatoms. The van der Waals surface area contributed by atoms with Gasteiger partial charge in [0.2, 0.25) is 0 Å². The Labute approximate surface area is 251 Å². The number of rotatable bonds is 6. The number of hydrogen-bond acceptors (Lipinski definition) is 4. The highest BCUT2D eigenvalue weighted by atomic mass is 16.8. The van der Waals surface area contributed by atoms with E-state index in [0.29, 0.717) is 22.3 Å². The van der Waals surface area contributed by atoms with Gasteiger partial charge in [0.25, 0.3) is 0 Å². The summed E-state index contributed by atoms with van der Waals surface area (Å²) in [6, 6.07) is 47.0. The first-order valence-electron chi connectivity index (χ1n) is 14.7. The lowest BCUT2D eigenvalue weighted by Crippen LogP contribution is -2.55. The summed E-state index contributed by atoms with van der Waals surface area (Å²) in [4.78, 5) is 0. The van der Waals surface area contributed by atoms with Crippen LogP contribution in [0, 0.1) is 0 Å². The minimum atomic E-state index is -1.70.